The molecule has 148 valence electrons. The van der Waals surface area contributed by atoms with Crippen molar-refractivity contribution in [3.63, 3.8) is 0 Å². The molecule has 1 aliphatic heterocycles. The van der Waals surface area contributed by atoms with E-state index in [-0.39, 0.29) is 11.9 Å². The Kier molecular flexibility index (Phi) is 4.86. The highest BCUT2D eigenvalue weighted by atomic mass is 16.5. The maximum absolute atomic E-state index is 13.2. The highest BCUT2D eigenvalue weighted by Gasteiger charge is 2.49. The predicted octanol–water partition coefficient (Wildman–Crippen LogP) is 2.70. The Bertz CT molecular complexity index is 741. The van der Waals surface area contributed by atoms with E-state index in [0.29, 0.717) is 36.7 Å². The third-order valence-electron chi connectivity index (χ3n) is 7.55. The summed E-state index contributed by atoms with van der Waals surface area (Å²) in [5.74, 6) is 3.36. The second-order valence-corrected chi connectivity index (χ2v) is 9.34. The maximum Gasteiger partial charge on any atom is 0.239 e. The lowest BCUT2D eigenvalue weighted by Crippen LogP contribution is -2.60. The van der Waals surface area contributed by atoms with E-state index >= 15 is 0 Å². The first-order valence-electron chi connectivity index (χ1n) is 10.8. The van der Waals surface area contributed by atoms with Crippen LogP contribution in [0.4, 0.5) is 0 Å². The summed E-state index contributed by atoms with van der Waals surface area (Å²) in [5.41, 5.74) is 1.80. The van der Waals surface area contributed by atoms with Crippen molar-refractivity contribution < 1.29 is 9.53 Å². The molecule has 0 radical (unpaired) electrons. The molecule has 4 bridgehead atoms. The molecule has 5 nitrogen and oxygen atoms in total. The summed E-state index contributed by atoms with van der Waals surface area (Å²) in [6, 6.07) is 9.98. The first-order valence-corrected chi connectivity index (χ1v) is 10.8. The lowest BCUT2D eigenvalue weighted by molar-refractivity contribution is -0.136. The Hall–Kier alpha value is -1.90. The highest BCUT2D eigenvalue weighted by Crippen LogP contribution is 2.53. The summed E-state index contributed by atoms with van der Waals surface area (Å²) in [5, 5.41) is 12.4. The summed E-state index contributed by atoms with van der Waals surface area (Å²) >= 11 is 0. The predicted molar refractivity (Wildman–Crippen MR) is 105 cm³/mol. The van der Waals surface area contributed by atoms with Crippen LogP contribution in [0.2, 0.25) is 0 Å². The van der Waals surface area contributed by atoms with Gasteiger partial charge in [-0.1, -0.05) is 12.1 Å². The molecule has 0 unspecified atom stereocenters. The third kappa shape index (κ3) is 3.44. The van der Waals surface area contributed by atoms with Crippen LogP contribution in [0, 0.1) is 35.0 Å². The van der Waals surface area contributed by atoms with Gasteiger partial charge in [0.25, 0.3) is 0 Å². The molecule has 5 aliphatic rings. The molecule has 1 saturated heterocycles. The van der Waals surface area contributed by atoms with E-state index in [1.54, 1.807) is 0 Å². The molecule has 4 aliphatic carbocycles. The average Bonchev–Trinajstić information content (AvgIpc) is 2.71. The van der Waals surface area contributed by atoms with Crippen molar-refractivity contribution in [3.8, 4) is 6.07 Å². The largest absolute Gasteiger partial charge is 0.378 e. The molecule has 1 atom stereocenters. The van der Waals surface area contributed by atoms with Crippen LogP contribution in [-0.2, 0) is 16.1 Å². The second-order valence-electron chi connectivity index (χ2n) is 9.34. The highest BCUT2D eigenvalue weighted by molar-refractivity contribution is 5.82. The molecule has 28 heavy (non-hydrogen) atoms. The van der Waals surface area contributed by atoms with Crippen LogP contribution in [-0.4, -0.2) is 42.6 Å². The zero-order chi connectivity index (χ0) is 19.1. The first kappa shape index (κ1) is 18.1. The van der Waals surface area contributed by atoms with Crippen LogP contribution >= 0.6 is 0 Å². The molecule has 5 heteroatoms. The van der Waals surface area contributed by atoms with E-state index in [9.17, 15) is 4.79 Å². The minimum Gasteiger partial charge on any atom is -0.378 e. The van der Waals surface area contributed by atoms with Crippen molar-refractivity contribution in [2.45, 2.75) is 50.7 Å². The van der Waals surface area contributed by atoms with Crippen LogP contribution in [0.1, 0.15) is 43.2 Å². The van der Waals surface area contributed by atoms with Crippen LogP contribution in [0.15, 0.2) is 24.3 Å². The van der Waals surface area contributed by atoms with E-state index in [1.165, 1.54) is 32.1 Å². The van der Waals surface area contributed by atoms with Crippen LogP contribution < -0.4 is 5.32 Å². The Morgan fingerprint density at radius 2 is 1.79 bits per heavy atom. The number of ether oxygens (including phenoxy) is 1. The van der Waals surface area contributed by atoms with E-state index in [2.05, 4.69) is 16.3 Å². The lowest BCUT2D eigenvalue weighted by atomic mass is 9.54. The quantitative estimate of drug-likeness (QED) is 0.874. The van der Waals surface area contributed by atoms with Gasteiger partial charge in [-0.05, 0) is 73.5 Å². The van der Waals surface area contributed by atoms with Gasteiger partial charge in [-0.2, -0.15) is 5.26 Å². The van der Waals surface area contributed by atoms with Gasteiger partial charge in [0.2, 0.25) is 5.91 Å². The SMILES string of the molecule is N#Cc1ccc(CN2CCOC[C@@H]2C(=O)NC2C3CC4CC(C3)CC2C4)cc1. The molecule has 1 heterocycles. The van der Waals surface area contributed by atoms with E-state index < -0.39 is 0 Å². The van der Waals surface area contributed by atoms with E-state index in [0.717, 1.165) is 30.5 Å². The lowest BCUT2D eigenvalue weighted by Gasteiger charge is -2.54. The molecule has 5 fully saturated rings. The summed E-state index contributed by atoms with van der Waals surface area (Å²) < 4.78 is 5.67. The Morgan fingerprint density at radius 1 is 1.11 bits per heavy atom. The topological polar surface area (TPSA) is 65.4 Å². The summed E-state index contributed by atoms with van der Waals surface area (Å²) in [4.78, 5) is 15.4. The minimum absolute atomic E-state index is 0.144. The standard InChI is InChI=1S/C23H29N3O2/c24-12-15-1-3-16(4-2-15)13-26-5-6-28-14-21(26)23(27)25-22-19-8-17-7-18(10-19)11-20(22)9-17/h1-4,17-22H,5-11,13-14H2,(H,25,27)/t17?,18?,19?,20?,21-,22?/m1/s1. The summed E-state index contributed by atoms with van der Waals surface area (Å²) in [6.45, 7) is 2.61. The molecule has 6 rings (SSSR count). The molecule has 0 spiro atoms. The van der Waals surface area contributed by atoms with Crippen molar-refractivity contribution in [2.75, 3.05) is 19.8 Å². The van der Waals surface area contributed by atoms with Gasteiger partial charge in [-0.25, -0.2) is 0 Å². The van der Waals surface area contributed by atoms with E-state index in [1.807, 2.05) is 24.3 Å². The number of morpholine rings is 1. The van der Waals surface area contributed by atoms with Gasteiger partial charge < -0.3 is 10.1 Å². The molecular formula is C23H29N3O2. The fourth-order valence-electron chi connectivity index (χ4n) is 6.41. The number of nitrogens with one attached hydrogen (secondary N) is 1. The monoisotopic (exact) mass is 379 g/mol. The van der Waals surface area contributed by atoms with Gasteiger partial charge in [-0.3, -0.25) is 9.69 Å². The van der Waals surface area contributed by atoms with Crippen molar-refractivity contribution in [1.29, 1.82) is 5.26 Å². The van der Waals surface area contributed by atoms with Gasteiger partial charge in [0.05, 0.1) is 24.8 Å². The molecular weight excluding hydrogens is 350 g/mol. The van der Waals surface area contributed by atoms with E-state index in [4.69, 9.17) is 10.00 Å². The zero-order valence-corrected chi connectivity index (χ0v) is 16.3. The summed E-state index contributed by atoms with van der Waals surface area (Å²) in [7, 11) is 0. The van der Waals surface area contributed by atoms with Gasteiger partial charge in [0.15, 0.2) is 0 Å². The third-order valence-corrected chi connectivity index (χ3v) is 7.55. The number of hydrogen-bond donors (Lipinski definition) is 1. The number of nitrogens with zero attached hydrogens (tertiary/aromatic N) is 2. The minimum atomic E-state index is -0.221. The van der Waals surface area contributed by atoms with Crippen molar-refractivity contribution >= 4 is 5.91 Å². The van der Waals surface area contributed by atoms with Gasteiger partial charge in [0, 0.05) is 19.1 Å². The number of carbonyl (C=O) groups is 1. The molecule has 1 aromatic carbocycles. The van der Waals surface area contributed by atoms with Crippen LogP contribution in [0.5, 0.6) is 0 Å². The van der Waals surface area contributed by atoms with Gasteiger partial charge >= 0.3 is 0 Å². The Labute approximate surface area is 167 Å². The number of rotatable bonds is 4. The Balaban J connectivity index is 1.25. The molecule has 1 amide bonds. The first-order chi connectivity index (χ1) is 13.7. The van der Waals surface area contributed by atoms with Crippen LogP contribution in [0.3, 0.4) is 0 Å². The smallest absolute Gasteiger partial charge is 0.239 e. The van der Waals surface area contributed by atoms with Crippen LogP contribution in [0.25, 0.3) is 0 Å². The maximum atomic E-state index is 13.2. The molecule has 1 aromatic rings. The summed E-state index contributed by atoms with van der Waals surface area (Å²) in [6.07, 6.45) is 6.69. The molecule has 4 saturated carbocycles. The second kappa shape index (κ2) is 7.50. The number of nitriles is 1. The average molecular weight is 380 g/mol. The van der Waals surface area contributed by atoms with Gasteiger partial charge in [0.1, 0.15) is 6.04 Å². The Morgan fingerprint density at radius 3 is 2.43 bits per heavy atom. The number of hydrogen-bond acceptors (Lipinski definition) is 4. The number of amides is 1. The fourth-order valence-corrected chi connectivity index (χ4v) is 6.41. The fraction of sp³-hybridized carbons (Fsp3) is 0.652. The van der Waals surface area contributed by atoms with Crippen molar-refractivity contribution in [3.05, 3.63) is 35.4 Å². The molecule has 1 N–H and O–H groups in total. The van der Waals surface area contributed by atoms with Crippen molar-refractivity contribution in [1.82, 2.24) is 10.2 Å². The number of carbonyl (C=O) groups excluding carboxylic acids is 1. The molecule has 0 aromatic heterocycles. The van der Waals surface area contributed by atoms with Gasteiger partial charge in [-0.15, -0.1) is 0 Å². The number of benzene rings is 1. The normalized spacial score (nSPS) is 36.8. The zero-order valence-electron chi connectivity index (χ0n) is 16.3. The van der Waals surface area contributed by atoms with Crippen molar-refractivity contribution in [2.24, 2.45) is 23.7 Å².